The van der Waals surface area contributed by atoms with Crippen molar-refractivity contribution < 1.29 is 14.4 Å². The van der Waals surface area contributed by atoms with Gasteiger partial charge >= 0.3 is 0 Å². The van der Waals surface area contributed by atoms with Crippen LogP contribution in [0.4, 0.5) is 5.13 Å². The zero-order chi connectivity index (χ0) is 17.6. The first kappa shape index (κ1) is 16.7. The number of fused-ring (bicyclic) bond motifs is 2. The van der Waals surface area contributed by atoms with Crippen LogP contribution in [0.2, 0.25) is 0 Å². The second-order valence-corrected chi connectivity index (χ2v) is 8.63. The molecule has 1 N–H and O–H groups in total. The number of nitrogens with zero attached hydrogens (tertiary/aromatic N) is 2. The average molecular weight is 361 g/mol. The molecule has 2 fully saturated rings. The van der Waals surface area contributed by atoms with Gasteiger partial charge in [-0.1, -0.05) is 19.8 Å². The molecule has 3 unspecified atom stereocenters. The van der Waals surface area contributed by atoms with Gasteiger partial charge in [0.25, 0.3) is 0 Å². The van der Waals surface area contributed by atoms with E-state index < -0.39 is 0 Å². The number of carbonyl (C=O) groups is 3. The molecule has 1 saturated heterocycles. The molecule has 4 rings (SSSR count). The third kappa shape index (κ3) is 3.10. The van der Waals surface area contributed by atoms with Crippen LogP contribution in [0, 0.1) is 17.8 Å². The smallest absolute Gasteiger partial charge is 0.246 e. The number of hydrogen-bond acceptors (Lipinski definition) is 5. The van der Waals surface area contributed by atoms with E-state index in [-0.39, 0.29) is 36.1 Å². The highest BCUT2D eigenvalue weighted by molar-refractivity contribution is 7.15. The molecule has 2 heterocycles. The van der Waals surface area contributed by atoms with Crippen LogP contribution in [0.15, 0.2) is 0 Å². The molecule has 1 aliphatic heterocycles. The highest BCUT2D eigenvalue weighted by Crippen LogP contribution is 2.38. The summed E-state index contributed by atoms with van der Waals surface area (Å²) < 4.78 is 0. The highest BCUT2D eigenvalue weighted by Gasteiger charge is 2.48. The lowest BCUT2D eigenvalue weighted by atomic mass is 9.81. The van der Waals surface area contributed by atoms with Gasteiger partial charge in [-0.3, -0.25) is 19.3 Å². The molecule has 25 heavy (non-hydrogen) atoms. The molecule has 1 saturated carbocycles. The second-order valence-electron chi connectivity index (χ2n) is 7.55. The van der Waals surface area contributed by atoms with Gasteiger partial charge in [0.05, 0.1) is 17.5 Å². The van der Waals surface area contributed by atoms with Crippen LogP contribution in [0.1, 0.15) is 49.6 Å². The monoisotopic (exact) mass is 361 g/mol. The molecule has 3 amide bonds. The third-order valence-electron chi connectivity index (χ3n) is 5.67. The largest absolute Gasteiger partial charge is 0.300 e. The molecule has 7 heteroatoms. The van der Waals surface area contributed by atoms with E-state index in [1.54, 1.807) is 0 Å². The van der Waals surface area contributed by atoms with E-state index in [1.807, 2.05) is 0 Å². The van der Waals surface area contributed by atoms with Gasteiger partial charge < -0.3 is 5.32 Å². The number of amides is 3. The molecule has 1 aromatic heterocycles. The summed E-state index contributed by atoms with van der Waals surface area (Å²) in [5.74, 6) is -0.432. The minimum absolute atomic E-state index is 0.169. The number of hydrogen-bond donors (Lipinski definition) is 1. The quantitative estimate of drug-likeness (QED) is 0.839. The maximum Gasteiger partial charge on any atom is 0.246 e. The number of aromatic nitrogens is 1. The van der Waals surface area contributed by atoms with Crippen LogP contribution >= 0.6 is 11.3 Å². The Hall–Kier alpha value is -1.76. The molecule has 3 aliphatic rings. The summed E-state index contributed by atoms with van der Waals surface area (Å²) in [5.41, 5.74) is 1.08. The standard InChI is InChI=1S/C18H23N3O3S/c1-10-6-7-13-14(8-10)25-18(19-13)20-15(22)9-21-16(23)11-4-2-3-5-12(11)17(21)24/h10-12H,2-9H2,1H3,(H,19,20,22). The van der Waals surface area contributed by atoms with Gasteiger partial charge in [0.15, 0.2) is 5.13 Å². The minimum Gasteiger partial charge on any atom is -0.300 e. The first-order chi connectivity index (χ1) is 12.0. The maximum atomic E-state index is 12.4. The molecule has 0 aromatic carbocycles. The van der Waals surface area contributed by atoms with Crippen LogP contribution in [0.25, 0.3) is 0 Å². The summed E-state index contributed by atoms with van der Waals surface area (Å²) in [6, 6.07) is 0. The van der Waals surface area contributed by atoms with Crippen molar-refractivity contribution in [1.82, 2.24) is 9.88 Å². The fraction of sp³-hybridized carbons (Fsp3) is 0.667. The van der Waals surface area contributed by atoms with E-state index in [1.165, 1.54) is 16.2 Å². The second kappa shape index (κ2) is 6.52. The zero-order valence-electron chi connectivity index (χ0n) is 14.4. The number of carbonyl (C=O) groups excluding carboxylic acids is 3. The average Bonchev–Trinajstić information content (AvgIpc) is 3.09. The first-order valence-electron chi connectivity index (χ1n) is 9.16. The fourth-order valence-corrected chi connectivity index (χ4v) is 5.47. The van der Waals surface area contributed by atoms with Crippen LogP contribution in [0.3, 0.4) is 0 Å². The molecular weight excluding hydrogens is 338 g/mol. The normalized spacial score (nSPS) is 28.7. The van der Waals surface area contributed by atoms with Crippen molar-refractivity contribution in [3.63, 3.8) is 0 Å². The van der Waals surface area contributed by atoms with Gasteiger partial charge in [0.2, 0.25) is 17.7 Å². The summed E-state index contributed by atoms with van der Waals surface area (Å²) in [6.07, 6.45) is 6.61. The van der Waals surface area contributed by atoms with Gasteiger partial charge in [0.1, 0.15) is 6.54 Å². The van der Waals surface area contributed by atoms with Crippen LogP contribution < -0.4 is 5.32 Å². The van der Waals surface area contributed by atoms with Crippen LogP contribution in [-0.2, 0) is 27.2 Å². The Balaban J connectivity index is 1.41. The maximum absolute atomic E-state index is 12.4. The van der Waals surface area contributed by atoms with E-state index in [4.69, 9.17) is 0 Å². The van der Waals surface area contributed by atoms with Crippen molar-refractivity contribution in [2.45, 2.75) is 51.9 Å². The number of imide groups is 1. The molecule has 6 nitrogen and oxygen atoms in total. The van der Waals surface area contributed by atoms with Crippen molar-refractivity contribution in [1.29, 1.82) is 0 Å². The first-order valence-corrected chi connectivity index (χ1v) is 9.98. The molecule has 0 bridgehead atoms. The molecular formula is C18H23N3O3S. The number of rotatable bonds is 3. The van der Waals surface area contributed by atoms with E-state index in [0.717, 1.165) is 55.5 Å². The molecule has 1 aromatic rings. The highest BCUT2D eigenvalue weighted by atomic mass is 32.1. The zero-order valence-corrected chi connectivity index (χ0v) is 15.2. The number of aryl methyl sites for hydroxylation is 1. The SMILES string of the molecule is CC1CCc2nc(NC(=O)CN3C(=O)C4CCCCC4C3=O)sc2C1. The lowest BCUT2D eigenvalue weighted by Gasteiger charge is -2.19. The topological polar surface area (TPSA) is 79.4 Å². The van der Waals surface area contributed by atoms with Gasteiger partial charge in [-0.2, -0.15) is 0 Å². The summed E-state index contributed by atoms with van der Waals surface area (Å²) in [4.78, 5) is 44.2. The van der Waals surface area contributed by atoms with Crippen molar-refractivity contribution in [2.75, 3.05) is 11.9 Å². The molecule has 3 atom stereocenters. The Kier molecular flexibility index (Phi) is 4.35. The van der Waals surface area contributed by atoms with Crippen molar-refractivity contribution in [3.05, 3.63) is 10.6 Å². The summed E-state index contributed by atoms with van der Waals surface area (Å²) in [6.45, 7) is 2.04. The van der Waals surface area contributed by atoms with Gasteiger partial charge in [-0.25, -0.2) is 4.98 Å². The van der Waals surface area contributed by atoms with Crippen molar-refractivity contribution in [3.8, 4) is 0 Å². The Bertz CT molecular complexity index is 705. The number of nitrogens with one attached hydrogen (secondary N) is 1. The molecule has 134 valence electrons. The lowest BCUT2D eigenvalue weighted by Crippen LogP contribution is -2.38. The van der Waals surface area contributed by atoms with Crippen molar-refractivity contribution in [2.24, 2.45) is 17.8 Å². The summed E-state index contributed by atoms with van der Waals surface area (Å²) in [5, 5.41) is 3.37. The van der Waals surface area contributed by atoms with Crippen LogP contribution in [-0.4, -0.2) is 34.2 Å². The minimum atomic E-state index is -0.334. The summed E-state index contributed by atoms with van der Waals surface area (Å²) >= 11 is 1.52. The van der Waals surface area contributed by atoms with Crippen molar-refractivity contribution >= 4 is 34.2 Å². The fourth-order valence-electron chi connectivity index (χ4n) is 4.28. The third-order valence-corrected chi connectivity index (χ3v) is 6.70. The van der Waals surface area contributed by atoms with E-state index >= 15 is 0 Å². The number of anilines is 1. The molecule has 0 radical (unpaired) electrons. The van der Waals surface area contributed by atoms with E-state index in [0.29, 0.717) is 11.0 Å². The van der Waals surface area contributed by atoms with Gasteiger partial charge in [-0.15, -0.1) is 11.3 Å². The van der Waals surface area contributed by atoms with Gasteiger partial charge in [0, 0.05) is 4.88 Å². The summed E-state index contributed by atoms with van der Waals surface area (Å²) in [7, 11) is 0. The van der Waals surface area contributed by atoms with E-state index in [9.17, 15) is 14.4 Å². The number of likely N-dealkylation sites (tertiary alicyclic amines) is 1. The van der Waals surface area contributed by atoms with E-state index in [2.05, 4.69) is 17.2 Å². The lowest BCUT2D eigenvalue weighted by molar-refractivity contribution is -0.142. The number of thiazole rings is 1. The Morgan fingerprint density at radius 3 is 2.56 bits per heavy atom. The van der Waals surface area contributed by atoms with Crippen LogP contribution in [0.5, 0.6) is 0 Å². The predicted octanol–water partition coefficient (Wildman–Crippen LogP) is 2.38. The van der Waals surface area contributed by atoms with Gasteiger partial charge in [-0.05, 0) is 38.0 Å². The predicted molar refractivity (Wildman–Crippen MR) is 94.1 cm³/mol. The molecule has 0 spiro atoms. The molecule has 2 aliphatic carbocycles. The Morgan fingerprint density at radius 2 is 1.88 bits per heavy atom. The Morgan fingerprint density at radius 1 is 1.20 bits per heavy atom. The Labute approximate surface area is 151 Å².